The molecule has 12 nitrogen and oxygen atoms in total. The highest BCUT2D eigenvalue weighted by atomic mass is 32.2. The fourth-order valence-electron chi connectivity index (χ4n) is 6.94. The van der Waals surface area contributed by atoms with E-state index in [1.807, 2.05) is 62.5 Å². The molecule has 56 heavy (non-hydrogen) atoms. The van der Waals surface area contributed by atoms with Crippen molar-refractivity contribution in [2.75, 3.05) is 10.6 Å². The third-order valence-electron chi connectivity index (χ3n) is 10.5. The molecule has 3 N–H and O–H groups in total. The Bertz CT molecular complexity index is 2460. The van der Waals surface area contributed by atoms with Gasteiger partial charge in [-0.2, -0.15) is 0 Å². The van der Waals surface area contributed by atoms with Gasteiger partial charge in [-0.3, -0.25) is 29.7 Å². The standard InChI is InChI=1S/C43H44N6O6S/c1-25(2)44-21-30-22-45-40(19-36(30)28-11-12-28)42(50)47-38-9-5-7-34(26(38)3)35-8-6-10-39(27(35)4)48-43(51)41-20-37(29-13-14-29)31(23-46-41)24-56(54,55)33-17-15-32(16-18-33)49(52)53/h5-10,15-20,22-23,25,28-29,44H,11-14,21,24H2,1-4H3,(H,47,50)(H,48,51). The lowest BCUT2D eigenvalue weighted by Gasteiger charge is -2.17. The van der Waals surface area contributed by atoms with Crippen LogP contribution in [0.15, 0.2) is 90.1 Å². The fraction of sp³-hybridized carbons (Fsp3) is 0.302. The molecule has 2 fully saturated rings. The molecule has 0 aliphatic heterocycles. The average molecular weight is 773 g/mol. The summed E-state index contributed by atoms with van der Waals surface area (Å²) >= 11 is 0. The molecule has 2 aliphatic carbocycles. The first kappa shape index (κ1) is 38.5. The third-order valence-corrected chi connectivity index (χ3v) is 12.1. The maximum absolute atomic E-state index is 13.6. The molecule has 0 saturated heterocycles. The molecule has 0 unspecified atom stereocenters. The average Bonchev–Trinajstić information content (AvgIpc) is 4.11. The molecule has 288 valence electrons. The predicted octanol–water partition coefficient (Wildman–Crippen LogP) is 8.40. The highest BCUT2D eigenvalue weighted by Gasteiger charge is 2.30. The zero-order valence-corrected chi connectivity index (χ0v) is 32.6. The van der Waals surface area contributed by atoms with Crippen molar-refractivity contribution in [1.82, 2.24) is 15.3 Å². The lowest BCUT2D eigenvalue weighted by Crippen LogP contribution is -2.23. The maximum Gasteiger partial charge on any atom is 0.274 e. The lowest BCUT2D eigenvalue weighted by atomic mass is 9.94. The Morgan fingerprint density at radius 1 is 0.768 bits per heavy atom. The van der Waals surface area contributed by atoms with Gasteiger partial charge < -0.3 is 16.0 Å². The highest BCUT2D eigenvalue weighted by molar-refractivity contribution is 7.90. The quantitative estimate of drug-likeness (QED) is 0.0740. The first-order valence-corrected chi connectivity index (χ1v) is 20.4. The van der Waals surface area contributed by atoms with E-state index in [0.717, 1.165) is 59.1 Å². The Morgan fingerprint density at radius 3 is 1.71 bits per heavy atom. The second-order valence-electron chi connectivity index (χ2n) is 15.0. The number of pyridine rings is 2. The molecule has 0 spiro atoms. The number of aromatic nitrogens is 2. The molecule has 7 rings (SSSR count). The van der Waals surface area contributed by atoms with Crippen molar-refractivity contribution in [1.29, 1.82) is 0 Å². The Balaban J connectivity index is 1.08. The van der Waals surface area contributed by atoms with Crippen LogP contribution in [0.2, 0.25) is 0 Å². The summed E-state index contributed by atoms with van der Waals surface area (Å²) in [4.78, 5) is 46.5. The van der Waals surface area contributed by atoms with Crippen LogP contribution in [0.5, 0.6) is 0 Å². The number of amides is 2. The minimum Gasteiger partial charge on any atom is -0.320 e. The van der Waals surface area contributed by atoms with Gasteiger partial charge in [0, 0.05) is 48.5 Å². The molecule has 2 amide bonds. The number of non-ortho nitro benzene ring substituents is 1. The Morgan fingerprint density at radius 2 is 1.25 bits per heavy atom. The zero-order chi connectivity index (χ0) is 39.7. The summed E-state index contributed by atoms with van der Waals surface area (Å²) in [5, 5.41) is 20.6. The van der Waals surface area contributed by atoms with Gasteiger partial charge in [0.15, 0.2) is 9.84 Å². The number of sulfone groups is 1. The molecule has 0 atom stereocenters. The summed E-state index contributed by atoms with van der Waals surface area (Å²) in [5.74, 6) is -0.467. The van der Waals surface area contributed by atoms with Crippen molar-refractivity contribution >= 4 is 38.7 Å². The van der Waals surface area contributed by atoms with Gasteiger partial charge in [-0.1, -0.05) is 38.1 Å². The van der Waals surface area contributed by atoms with Crippen LogP contribution in [0.3, 0.4) is 0 Å². The number of carbonyl (C=O) groups excluding carboxylic acids is 2. The van der Waals surface area contributed by atoms with Gasteiger partial charge in [0.1, 0.15) is 11.4 Å². The number of benzene rings is 3. The van der Waals surface area contributed by atoms with E-state index in [-0.39, 0.29) is 33.9 Å². The van der Waals surface area contributed by atoms with Gasteiger partial charge in [0.05, 0.1) is 15.6 Å². The van der Waals surface area contributed by atoms with E-state index < -0.39 is 20.7 Å². The Labute approximate surface area is 326 Å². The minimum absolute atomic E-state index is 0.0233. The summed E-state index contributed by atoms with van der Waals surface area (Å²) in [7, 11) is -3.83. The number of carbonyl (C=O) groups is 2. The lowest BCUT2D eigenvalue weighted by molar-refractivity contribution is -0.384. The van der Waals surface area contributed by atoms with Crippen molar-refractivity contribution in [3.63, 3.8) is 0 Å². The number of hydrogen-bond acceptors (Lipinski definition) is 9. The van der Waals surface area contributed by atoms with Crippen molar-refractivity contribution in [2.24, 2.45) is 0 Å². The van der Waals surface area contributed by atoms with Gasteiger partial charge in [0.25, 0.3) is 17.5 Å². The first-order valence-electron chi connectivity index (χ1n) is 18.8. The minimum atomic E-state index is -3.83. The third kappa shape index (κ3) is 8.53. The normalized spacial score (nSPS) is 14.1. The summed E-state index contributed by atoms with van der Waals surface area (Å²) in [6, 6.07) is 20.1. The van der Waals surface area contributed by atoms with Crippen LogP contribution in [-0.4, -0.2) is 41.2 Å². The Kier molecular flexibility index (Phi) is 10.8. The highest BCUT2D eigenvalue weighted by Crippen LogP contribution is 2.43. The molecule has 5 aromatic rings. The van der Waals surface area contributed by atoms with E-state index >= 15 is 0 Å². The topological polar surface area (TPSA) is 173 Å². The predicted molar refractivity (Wildman–Crippen MR) is 216 cm³/mol. The van der Waals surface area contributed by atoms with Gasteiger partial charge >= 0.3 is 0 Å². The molecule has 2 heterocycles. The molecular weight excluding hydrogens is 729 g/mol. The SMILES string of the molecule is Cc1c(NC(=O)c2cc(C3CC3)c(CNC(C)C)cn2)cccc1-c1cccc(NC(=O)c2cc(C3CC3)c(CS(=O)(=O)c3ccc([N+](=O)[O-])cc3)cn2)c1C. The summed E-state index contributed by atoms with van der Waals surface area (Å²) in [6.45, 7) is 8.79. The second-order valence-corrected chi connectivity index (χ2v) is 17.0. The molecule has 2 saturated carbocycles. The molecule has 2 aliphatic rings. The van der Waals surface area contributed by atoms with Crippen molar-refractivity contribution < 1.29 is 22.9 Å². The fourth-order valence-corrected chi connectivity index (χ4v) is 8.31. The first-order chi connectivity index (χ1) is 26.8. The number of nitro benzene ring substituents is 1. The van der Waals surface area contributed by atoms with E-state index in [4.69, 9.17) is 0 Å². The number of anilines is 2. The summed E-state index contributed by atoms with van der Waals surface area (Å²) in [5.41, 5.74) is 8.62. The summed E-state index contributed by atoms with van der Waals surface area (Å²) < 4.78 is 26.5. The van der Waals surface area contributed by atoms with Gasteiger partial charge in [0.2, 0.25) is 0 Å². The van der Waals surface area contributed by atoms with E-state index in [2.05, 4.69) is 39.8 Å². The van der Waals surface area contributed by atoms with Crippen molar-refractivity contribution in [3.05, 3.63) is 140 Å². The van der Waals surface area contributed by atoms with E-state index in [9.17, 15) is 28.1 Å². The number of rotatable bonds is 14. The van der Waals surface area contributed by atoms with E-state index in [1.165, 1.54) is 36.0 Å². The van der Waals surface area contributed by atoms with Crippen molar-refractivity contribution in [3.8, 4) is 11.1 Å². The van der Waals surface area contributed by atoms with Gasteiger partial charge in [-0.15, -0.1) is 0 Å². The number of nitro groups is 1. The largest absolute Gasteiger partial charge is 0.320 e. The van der Waals surface area contributed by atoms with Crippen LogP contribution in [0.1, 0.15) is 106 Å². The van der Waals surface area contributed by atoms with Crippen LogP contribution in [0, 0.1) is 24.0 Å². The maximum atomic E-state index is 13.6. The molecule has 0 bridgehead atoms. The number of nitrogens with zero attached hydrogens (tertiary/aromatic N) is 3. The molecule has 2 aromatic heterocycles. The monoisotopic (exact) mass is 772 g/mol. The van der Waals surface area contributed by atoms with Crippen LogP contribution in [0.4, 0.5) is 17.1 Å². The molecule has 0 radical (unpaired) electrons. The number of nitrogens with one attached hydrogen (secondary N) is 3. The zero-order valence-electron chi connectivity index (χ0n) is 31.8. The molecule has 13 heteroatoms. The van der Waals surface area contributed by atoms with Crippen LogP contribution in [0.25, 0.3) is 11.1 Å². The van der Waals surface area contributed by atoms with Crippen LogP contribution < -0.4 is 16.0 Å². The van der Waals surface area contributed by atoms with Gasteiger partial charge in [-0.25, -0.2) is 8.42 Å². The van der Waals surface area contributed by atoms with Crippen molar-refractivity contribution in [2.45, 2.75) is 88.4 Å². The summed E-state index contributed by atoms with van der Waals surface area (Å²) in [6.07, 6.45) is 7.23. The number of hydrogen-bond donors (Lipinski definition) is 3. The molecular formula is C43H44N6O6S. The van der Waals surface area contributed by atoms with Crippen LogP contribution in [-0.2, 0) is 22.1 Å². The van der Waals surface area contributed by atoms with E-state index in [0.29, 0.717) is 41.1 Å². The van der Waals surface area contributed by atoms with Gasteiger partial charge in [-0.05, 0) is 132 Å². The van der Waals surface area contributed by atoms with E-state index in [1.54, 1.807) is 6.07 Å². The Hall–Kier alpha value is -5.79. The van der Waals surface area contributed by atoms with Crippen LogP contribution >= 0.6 is 0 Å². The smallest absolute Gasteiger partial charge is 0.274 e. The molecule has 3 aromatic carbocycles. The second kappa shape index (κ2) is 15.8.